The Morgan fingerprint density at radius 3 is 2.71 bits per heavy atom. The van der Waals surface area contributed by atoms with Crippen LogP contribution in [0.4, 0.5) is 5.69 Å². The number of hydrogen-bond acceptors (Lipinski definition) is 3. The fourth-order valence-electron chi connectivity index (χ4n) is 1.89. The van der Waals surface area contributed by atoms with Crippen molar-refractivity contribution >= 4 is 49.1 Å². The molecule has 0 saturated carbocycles. The molecule has 0 aliphatic carbocycles. The van der Waals surface area contributed by atoms with Crippen LogP contribution in [-0.2, 0) is 6.54 Å². The van der Waals surface area contributed by atoms with Crippen molar-refractivity contribution in [3.63, 3.8) is 0 Å². The lowest BCUT2D eigenvalue weighted by molar-refractivity contribution is 0.407. The third kappa shape index (κ3) is 3.91. The minimum atomic E-state index is 0.524. The summed E-state index contributed by atoms with van der Waals surface area (Å²) in [4.78, 5) is 0. The quantitative estimate of drug-likeness (QED) is 0.711. The lowest BCUT2D eigenvalue weighted by Crippen LogP contribution is -2.03. The smallest absolute Gasteiger partial charge is 0.138 e. The molecule has 21 heavy (non-hydrogen) atoms. The number of nitriles is 1. The van der Waals surface area contributed by atoms with Crippen LogP contribution in [0, 0.1) is 11.3 Å². The third-order valence-corrected chi connectivity index (χ3v) is 4.23. The fraction of sp³-hybridized carbons (Fsp3) is 0.133. The van der Waals surface area contributed by atoms with Crippen molar-refractivity contribution < 1.29 is 4.74 Å². The van der Waals surface area contributed by atoms with E-state index < -0.39 is 0 Å². The molecule has 3 nitrogen and oxygen atoms in total. The SMILES string of the molecule is COc1c(Br)cc(Br)cc1CNc1cc(C#N)ccc1Cl. The summed E-state index contributed by atoms with van der Waals surface area (Å²) in [5.41, 5.74) is 2.25. The van der Waals surface area contributed by atoms with Crippen LogP contribution >= 0.6 is 43.5 Å². The summed E-state index contributed by atoms with van der Waals surface area (Å²) in [6, 6.07) is 11.1. The second-order valence-electron chi connectivity index (χ2n) is 4.24. The van der Waals surface area contributed by atoms with Crippen LogP contribution in [0.2, 0.25) is 5.02 Å². The molecule has 0 atom stereocenters. The summed E-state index contributed by atoms with van der Waals surface area (Å²) in [6.07, 6.45) is 0. The lowest BCUT2D eigenvalue weighted by atomic mass is 10.1. The minimum absolute atomic E-state index is 0.524. The molecule has 6 heteroatoms. The summed E-state index contributed by atoms with van der Waals surface area (Å²) in [7, 11) is 1.63. The van der Waals surface area contributed by atoms with Gasteiger partial charge in [0, 0.05) is 16.6 Å². The molecule has 0 aliphatic rings. The Kier molecular flexibility index (Phi) is 5.51. The fourth-order valence-corrected chi connectivity index (χ4v) is 3.55. The lowest BCUT2D eigenvalue weighted by Gasteiger charge is -2.14. The van der Waals surface area contributed by atoms with E-state index in [9.17, 15) is 0 Å². The molecule has 0 unspecified atom stereocenters. The number of benzene rings is 2. The summed E-state index contributed by atoms with van der Waals surface area (Å²) in [5.74, 6) is 0.762. The molecule has 0 heterocycles. The number of methoxy groups -OCH3 is 1. The third-order valence-electron chi connectivity index (χ3n) is 2.85. The molecule has 2 aromatic rings. The van der Waals surface area contributed by atoms with E-state index in [-0.39, 0.29) is 0 Å². The number of hydrogen-bond donors (Lipinski definition) is 1. The Hall–Kier alpha value is -1.22. The first kappa shape index (κ1) is 16.2. The van der Waals surface area contributed by atoms with Crippen molar-refractivity contribution in [3.8, 4) is 11.8 Å². The van der Waals surface area contributed by atoms with Gasteiger partial charge in [0.25, 0.3) is 0 Å². The molecule has 0 radical (unpaired) electrons. The van der Waals surface area contributed by atoms with Gasteiger partial charge in [-0.3, -0.25) is 0 Å². The molecule has 108 valence electrons. The maximum Gasteiger partial charge on any atom is 0.138 e. The number of nitrogens with zero attached hydrogens (tertiary/aromatic N) is 1. The summed E-state index contributed by atoms with van der Waals surface area (Å²) < 4.78 is 7.22. The highest BCUT2D eigenvalue weighted by Gasteiger charge is 2.10. The standard InChI is InChI=1S/C15H11Br2ClN2O/c1-21-15-10(5-11(16)6-12(15)17)8-20-14-4-9(7-19)2-3-13(14)18/h2-6,20H,8H2,1H3. The zero-order chi connectivity index (χ0) is 15.4. The van der Waals surface area contributed by atoms with Crippen LogP contribution in [0.1, 0.15) is 11.1 Å². The van der Waals surface area contributed by atoms with E-state index in [1.807, 2.05) is 12.1 Å². The number of halogens is 3. The molecule has 0 bridgehead atoms. The van der Waals surface area contributed by atoms with Crippen molar-refractivity contribution in [2.75, 3.05) is 12.4 Å². The van der Waals surface area contributed by atoms with Crippen molar-refractivity contribution in [3.05, 3.63) is 55.4 Å². The van der Waals surface area contributed by atoms with Crippen LogP contribution in [0.3, 0.4) is 0 Å². The first-order valence-electron chi connectivity index (χ1n) is 6.00. The van der Waals surface area contributed by atoms with Crippen LogP contribution in [0.5, 0.6) is 5.75 Å². The minimum Gasteiger partial charge on any atom is -0.495 e. The van der Waals surface area contributed by atoms with E-state index >= 15 is 0 Å². The van der Waals surface area contributed by atoms with Crippen LogP contribution in [0.15, 0.2) is 39.3 Å². The van der Waals surface area contributed by atoms with Crippen molar-refractivity contribution in [1.82, 2.24) is 0 Å². The predicted molar refractivity (Wildman–Crippen MR) is 91.9 cm³/mol. The second-order valence-corrected chi connectivity index (χ2v) is 6.42. The monoisotopic (exact) mass is 428 g/mol. The first-order valence-corrected chi connectivity index (χ1v) is 7.97. The number of rotatable bonds is 4. The van der Waals surface area contributed by atoms with E-state index in [2.05, 4.69) is 43.2 Å². The summed E-state index contributed by atoms with van der Waals surface area (Å²) in [6.45, 7) is 0.524. The Bertz CT molecular complexity index is 714. The van der Waals surface area contributed by atoms with Crippen LogP contribution < -0.4 is 10.1 Å². The largest absolute Gasteiger partial charge is 0.495 e. The van der Waals surface area contributed by atoms with Crippen LogP contribution in [0.25, 0.3) is 0 Å². The van der Waals surface area contributed by atoms with Gasteiger partial charge in [0.2, 0.25) is 0 Å². The van der Waals surface area contributed by atoms with Gasteiger partial charge in [-0.15, -0.1) is 0 Å². The van der Waals surface area contributed by atoms with E-state index in [0.29, 0.717) is 22.8 Å². The maximum absolute atomic E-state index is 8.94. The van der Waals surface area contributed by atoms with Crippen molar-refractivity contribution in [1.29, 1.82) is 5.26 Å². The molecule has 2 rings (SSSR count). The van der Waals surface area contributed by atoms with Gasteiger partial charge in [-0.2, -0.15) is 5.26 Å². The molecule has 0 aliphatic heterocycles. The van der Waals surface area contributed by atoms with Gasteiger partial charge in [0.15, 0.2) is 0 Å². The van der Waals surface area contributed by atoms with Gasteiger partial charge in [-0.25, -0.2) is 0 Å². The predicted octanol–water partition coefficient (Wildman–Crippen LogP) is 5.36. The van der Waals surface area contributed by atoms with Gasteiger partial charge in [0.05, 0.1) is 33.9 Å². The van der Waals surface area contributed by atoms with E-state index in [4.69, 9.17) is 21.6 Å². The van der Waals surface area contributed by atoms with Gasteiger partial charge in [0.1, 0.15) is 5.75 Å². The van der Waals surface area contributed by atoms with E-state index in [1.54, 1.807) is 25.3 Å². The average Bonchev–Trinajstić information content (AvgIpc) is 2.46. The van der Waals surface area contributed by atoms with Crippen LogP contribution in [-0.4, -0.2) is 7.11 Å². The number of nitrogens with one attached hydrogen (secondary N) is 1. The van der Waals surface area contributed by atoms with Gasteiger partial charge in [-0.05, 0) is 46.3 Å². The topological polar surface area (TPSA) is 45.0 Å². The molecule has 2 aromatic carbocycles. The average molecular weight is 431 g/mol. The molecule has 0 saturated heterocycles. The summed E-state index contributed by atoms with van der Waals surface area (Å²) in [5, 5.41) is 12.7. The van der Waals surface area contributed by atoms with Crippen molar-refractivity contribution in [2.24, 2.45) is 0 Å². The maximum atomic E-state index is 8.94. The van der Waals surface area contributed by atoms with Gasteiger partial charge >= 0.3 is 0 Å². The zero-order valence-corrected chi connectivity index (χ0v) is 15.0. The normalized spacial score (nSPS) is 10.0. The Morgan fingerprint density at radius 2 is 2.05 bits per heavy atom. The molecule has 0 fully saturated rings. The Labute approximate surface area is 145 Å². The van der Waals surface area contributed by atoms with Gasteiger partial charge in [-0.1, -0.05) is 27.5 Å². The molecular weight excluding hydrogens is 419 g/mol. The molecule has 0 spiro atoms. The highest BCUT2D eigenvalue weighted by Crippen LogP contribution is 2.33. The zero-order valence-electron chi connectivity index (χ0n) is 11.1. The second kappa shape index (κ2) is 7.17. The van der Waals surface area contributed by atoms with Gasteiger partial charge < -0.3 is 10.1 Å². The Morgan fingerprint density at radius 1 is 1.29 bits per heavy atom. The summed E-state index contributed by atoms with van der Waals surface area (Å²) >= 11 is 13.1. The van der Waals surface area contributed by atoms with Crippen molar-refractivity contribution in [2.45, 2.75) is 6.54 Å². The van der Waals surface area contributed by atoms with E-state index in [1.165, 1.54) is 0 Å². The molecule has 0 amide bonds. The molecule has 0 aromatic heterocycles. The highest BCUT2D eigenvalue weighted by atomic mass is 79.9. The first-order chi connectivity index (χ1) is 10.0. The Balaban J connectivity index is 2.26. The molecular formula is C15H11Br2ClN2O. The number of ether oxygens (including phenoxy) is 1. The highest BCUT2D eigenvalue weighted by molar-refractivity contribution is 9.11. The van der Waals surface area contributed by atoms with E-state index in [0.717, 1.165) is 20.3 Å². The molecule has 1 N–H and O–H groups in total. The number of anilines is 1.